The largest absolute Gasteiger partial charge is 0.469 e. The summed E-state index contributed by atoms with van der Waals surface area (Å²) in [5, 5.41) is 0. The van der Waals surface area contributed by atoms with Crippen LogP contribution in [0.3, 0.4) is 0 Å². The first-order valence-corrected chi connectivity index (χ1v) is 21.5. The molecule has 0 aromatic rings. The summed E-state index contributed by atoms with van der Waals surface area (Å²) in [6.07, 6.45) is 37.9. The van der Waals surface area contributed by atoms with Crippen LogP contribution in [0.1, 0.15) is 206 Å². The van der Waals surface area contributed by atoms with E-state index in [0.29, 0.717) is 6.42 Å². The Bertz CT molecular complexity index is 797. The molecule has 0 saturated carbocycles. The molecule has 8 nitrogen and oxygen atoms in total. The fourth-order valence-electron chi connectivity index (χ4n) is 5.78. The van der Waals surface area contributed by atoms with E-state index < -0.39 is 32.5 Å². The summed E-state index contributed by atoms with van der Waals surface area (Å²) >= 11 is 0. The third kappa shape index (κ3) is 37.6. The van der Waals surface area contributed by atoms with Gasteiger partial charge in [-0.1, -0.05) is 167 Å². The molecule has 0 fully saturated rings. The Morgan fingerprint density at radius 3 is 1.29 bits per heavy atom. The van der Waals surface area contributed by atoms with E-state index in [2.05, 4.69) is 30.5 Å². The van der Waals surface area contributed by atoms with Crippen LogP contribution >= 0.6 is 7.82 Å². The van der Waals surface area contributed by atoms with Crippen LogP contribution in [0, 0.1) is 0 Å². The van der Waals surface area contributed by atoms with E-state index in [4.69, 9.17) is 19.3 Å². The van der Waals surface area contributed by atoms with Gasteiger partial charge in [-0.2, -0.15) is 0 Å². The fourth-order valence-corrected chi connectivity index (χ4v) is 6.14. The van der Waals surface area contributed by atoms with Crippen LogP contribution in [0.15, 0.2) is 12.2 Å². The Morgan fingerprint density at radius 2 is 0.875 bits per heavy atom. The molecule has 0 aliphatic rings. The lowest BCUT2D eigenvalue weighted by Crippen LogP contribution is -2.29. The number of hydrogen-bond donors (Lipinski definition) is 2. The maximum atomic E-state index is 12.3. The van der Waals surface area contributed by atoms with Crippen molar-refractivity contribution in [2.45, 2.75) is 213 Å². The number of rotatable bonds is 37. The van der Waals surface area contributed by atoms with E-state index in [9.17, 15) is 14.2 Å². The summed E-state index contributed by atoms with van der Waals surface area (Å²) in [4.78, 5) is 42.7. The van der Waals surface area contributed by atoms with Crippen molar-refractivity contribution < 1.29 is 37.9 Å². The summed E-state index contributed by atoms with van der Waals surface area (Å²) < 4.78 is 26.3. The van der Waals surface area contributed by atoms with Gasteiger partial charge < -0.3 is 19.3 Å². The van der Waals surface area contributed by atoms with Crippen LogP contribution < -0.4 is 0 Å². The molecule has 0 spiro atoms. The van der Waals surface area contributed by atoms with E-state index in [1.165, 1.54) is 122 Å². The quantitative estimate of drug-likeness (QED) is 0.0284. The van der Waals surface area contributed by atoms with Crippen molar-refractivity contribution in [2.24, 2.45) is 0 Å². The summed E-state index contributed by atoms with van der Waals surface area (Å²) in [5.74, 6) is -0.885. The van der Waals surface area contributed by atoms with E-state index in [0.717, 1.165) is 51.4 Å². The minimum absolute atomic E-state index is 0.206. The molecule has 48 heavy (non-hydrogen) atoms. The van der Waals surface area contributed by atoms with Crippen LogP contribution in [0.4, 0.5) is 0 Å². The zero-order valence-electron chi connectivity index (χ0n) is 31.2. The number of allylic oxidation sites excluding steroid dienone is 2. The third-order valence-electron chi connectivity index (χ3n) is 8.78. The minimum atomic E-state index is -4.75. The number of esters is 2. The second-order valence-electron chi connectivity index (χ2n) is 13.6. The number of phosphoric acid groups is 1. The molecule has 284 valence electrons. The van der Waals surface area contributed by atoms with E-state index >= 15 is 0 Å². The molecule has 0 bridgehead atoms. The van der Waals surface area contributed by atoms with Gasteiger partial charge in [0.2, 0.25) is 0 Å². The van der Waals surface area contributed by atoms with Gasteiger partial charge in [-0.25, -0.2) is 4.57 Å². The van der Waals surface area contributed by atoms with Gasteiger partial charge in [0, 0.05) is 12.8 Å². The van der Waals surface area contributed by atoms with Crippen molar-refractivity contribution >= 4 is 19.8 Å². The standard InChI is InChI=1S/C39H75O8P/c1-3-5-7-9-11-13-15-17-18-19-20-22-23-25-27-29-31-33-38(40)45-35-37(36-46-48(42,43)44)47-39(41)34-32-30-28-26-24-21-16-14-12-10-8-6-4-2/h14,16,37H,3-13,15,17-36H2,1-2H3,(H2,42,43,44)/b16-14-/t37-/m1/s1. The van der Waals surface area contributed by atoms with Crippen LogP contribution in [0.5, 0.6) is 0 Å². The molecule has 9 heteroatoms. The first kappa shape index (κ1) is 46.8. The SMILES string of the molecule is CCCCCC/C=C\CCCCCCCC(=O)O[C@H](COC(=O)CCCCCCCCCCCCCCCCCCC)COP(=O)(O)O. The number of carbonyl (C=O) groups is 2. The molecule has 0 aromatic heterocycles. The Hall–Kier alpha value is -1.21. The van der Waals surface area contributed by atoms with Crippen LogP contribution in [-0.4, -0.2) is 41.0 Å². The van der Waals surface area contributed by atoms with Gasteiger partial charge in [0.25, 0.3) is 0 Å². The van der Waals surface area contributed by atoms with Crippen molar-refractivity contribution in [1.29, 1.82) is 0 Å². The van der Waals surface area contributed by atoms with Gasteiger partial charge in [0.15, 0.2) is 6.10 Å². The highest BCUT2D eigenvalue weighted by atomic mass is 31.2. The lowest BCUT2D eigenvalue weighted by molar-refractivity contribution is -0.161. The number of hydrogen-bond acceptors (Lipinski definition) is 6. The van der Waals surface area contributed by atoms with Crippen molar-refractivity contribution in [3.8, 4) is 0 Å². The maximum absolute atomic E-state index is 12.3. The molecule has 0 aromatic carbocycles. The molecule has 0 unspecified atom stereocenters. The molecule has 0 heterocycles. The van der Waals surface area contributed by atoms with Crippen molar-refractivity contribution in [3.05, 3.63) is 12.2 Å². The molecule has 0 radical (unpaired) electrons. The second-order valence-corrected chi connectivity index (χ2v) is 14.9. The molecular weight excluding hydrogens is 627 g/mol. The minimum Gasteiger partial charge on any atom is -0.462 e. The topological polar surface area (TPSA) is 119 Å². The molecule has 0 rings (SSSR count). The predicted molar refractivity (Wildman–Crippen MR) is 198 cm³/mol. The summed E-state index contributed by atoms with van der Waals surface area (Å²) in [6.45, 7) is 3.67. The van der Waals surface area contributed by atoms with Gasteiger partial charge in [-0.05, 0) is 38.5 Å². The molecule has 0 aliphatic carbocycles. The Labute approximate surface area is 295 Å². The lowest BCUT2D eigenvalue weighted by atomic mass is 10.0. The Kier molecular flexibility index (Phi) is 34.7. The van der Waals surface area contributed by atoms with Crippen LogP contribution in [0.2, 0.25) is 0 Å². The second kappa shape index (κ2) is 35.6. The highest BCUT2D eigenvalue weighted by Crippen LogP contribution is 2.36. The van der Waals surface area contributed by atoms with Gasteiger partial charge >= 0.3 is 19.8 Å². The van der Waals surface area contributed by atoms with Gasteiger partial charge in [0.1, 0.15) is 6.61 Å². The Morgan fingerprint density at radius 1 is 0.521 bits per heavy atom. The smallest absolute Gasteiger partial charge is 0.462 e. The van der Waals surface area contributed by atoms with E-state index in [-0.39, 0.29) is 19.4 Å². The number of ether oxygens (including phenoxy) is 2. The average Bonchev–Trinajstić information content (AvgIpc) is 3.05. The predicted octanol–water partition coefficient (Wildman–Crippen LogP) is 11.8. The van der Waals surface area contributed by atoms with Crippen LogP contribution in [-0.2, 0) is 28.2 Å². The highest BCUT2D eigenvalue weighted by Gasteiger charge is 2.22. The van der Waals surface area contributed by atoms with Crippen LogP contribution in [0.25, 0.3) is 0 Å². The summed E-state index contributed by atoms with van der Waals surface area (Å²) in [6, 6.07) is 0. The normalized spacial score (nSPS) is 12.5. The first-order chi connectivity index (χ1) is 23.3. The fraction of sp³-hybridized carbons (Fsp3) is 0.897. The van der Waals surface area contributed by atoms with Crippen molar-refractivity contribution in [2.75, 3.05) is 13.2 Å². The Balaban J connectivity index is 3.90. The highest BCUT2D eigenvalue weighted by molar-refractivity contribution is 7.46. The molecular formula is C39H75O8P. The van der Waals surface area contributed by atoms with Crippen molar-refractivity contribution in [1.82, 2.24) is 0 Å². The van der Waals surface area contributed by atoms with Gasteiger partial charge in [0.05, 0.1) is 6.61 Å². The van der Waals surface area contributed by atoms with E-state index in [1.807, 2.05) is 0 Å². The third-order valence-corrected chi connectivity index (χ3v) is 9.27. The summed E-state index contributed by atoms with van der Waals surface area (Å²) in [7, 11) is -4.75. The summed E-state index contributed by atoms with van der Waals surface area (Å²) in [5.41, 5.74) is 0. The molecule has 0 saturated heterocycles. The average molecular weight is 703 g/mol. The zero-order chi connectivity index (χ0) is 35.4. The molecule has 1 atom stereocenters. The molecule has 0 aliphatic heterocycles. The molecule has 0 amide bonds. The van der Waals surface area contributed by atoms with Crippen molar-refractivity contribution in [3.63, 3.8) is 0 Å². The zero-order valence-corrected chi connectivity index (χ0v) is 32.0. The molecule has 2 N–H and O–H groups in total. The van der Waals surface area contributed by atoms with E-state index in [1.54, 1.807) is 0 Å². The first-order valence-electron chi connectivity index (χ1n) is 20.0. The number of carbonyl (C=O) groups excluding carboxylic acids is 2. The monoisotopic (exact) mass is 703 g/mol. The van der Waals surface area contributed by atoms with Gasteiger partial charge in [-0.15, -0.1) is 0 Å². The number of unbranched alkanes of at least 4 members (excludes halogenated alkanes) is 25. The maximum Gasteiger partial charge on any atom is 0.469 e. The lowest BCUT2D eigenvalue weighted by Gasteiger charge is -2.18. The van der Waals surface area contributed by atoms with Gasteiger partial charge in [-0.3, -0.25) is 14.1 Å². The number of phosphoric ester groups is 1.